The summed E-state index contributed by atoms with van der Waals surface area (Å²) in [5.41, 5.74) is 2.72. The summed E-state index contributed by atoms with van der Waals surface area (Å²) >= 11 is 0. The lowest BCUT2D eigenvalue weighted by Gasteiger charge is -2.50. The zero-order valence-corrected chi connectivity index (χ0v) is 27.0. The monoisotopic (exact) mass is 623 g/mol. The van der Waals surface area contributed by atoms with Gasteiger partial charge < -0.3 is 20.0 Å². The van der Waals surface area contributed by atoms with Crippen molar-refractivity contribution in [1.82, 2.24) is 44.0 Å². The van der Waals surface area contributed by atoms with Crippen molar-refractivity contribution in [2.75, 3.05) is 50.0 Å². The summed E-state index contributed by atoms with van der Waals surface area (Å²) in [4.78, 5) is 24.2. The van der Waals surface area contributed by atoms with E-state index >= 15 is 0 Å². The molecule has 2 aliphatic heterocycles. The smallest absolute Gasteiger partial charge is 0.247 e. The van der Waals surface area contributed by atoms with Crippen LogP contribution in [0.15, 0.2) is 43.1 Å². The van der Waals surface area contributed by atoms with Crippen molar-refractivity contribution >= 4 is 28.9 Å². The number of likely N-dealkylation sites (tertiary alicyclic amines) is 1. The zero-order valence-electron chi connectivity index (χ0n) is 27.0. The Morgan fingerprint density at radius 3 is 2.65 bits per heavy atom. The Morgan fingerprint density at radius 2 is 1.96 bits per heavy atom. The van der Waals surface area contributed by atoms with E-state index in [1.54, 1.807) is 21.6 Å². The van der Waals surface area contributed by atoms with Crippen LogP contribution in [0.4, 0.5) is 17.3 Å². The predicted molar refractivity (Wildman–Crippen MR) is 172 cm³/mol. The van der Waals surface area contributed by atoms with Gasteiger partial charge in [-0.25, -0.2) is 4.52 Å². The molecule has 1 amide bonds. The number of aromatic nitrogens is 7. The number of nitrogens with zero attached hydrogens (tertiary/aromatic N) is 12. The SMILES string of the molecule is CCc1cnn(C2(CC#N)CN(c3cccn4nc(Nc5cnn(CC(=O)N6CCC(N(C)CC(C)(C)C#N)CC6)c5)nc34)C2)c1. The number of hydrogen-bond acceptors (Lipinski definition) is 10. The third-order valence-electron chi connectivity index (χ3n) is 9.17. The van der Waals surface area contributed by atoms with E-state index in [0.29, 0.717) is 62.5 Å². The molecule has 2 aliphatic rings. The van der Waals surface area contributed by atoms with Gasteiger partial charge in [0.15, 0.2) is 5.65 Å². The third kappa shape index (κ3) is 6.26. The highest BCUT2D eigenvalue weighted by Crippen LogP contribution is 2.37. The van der Waals surface area contributed by atoms with E-state index in [2.05, 4.69) is 56.5 Å². The second kappa shape index (κ2) is 12.4. The molecule has 0 radical (unpaired) electrons. The summed E-state index contributed by atoms with van der Waals surface area (Å²) in [7, 11) is 2.06. The first-order valence-corrected chi connectivity index (χ1v) is 15.8. The van der Waals surface area contributed by atoms with Crippen LogP contribution in [0.25, 0.3) is 5.65 Å². The van der Waals surface area contributed by atoms with E-state index in [9.17, 15) is 15.3 Å². The molecule has 0 unspecified atom stereocenters. The van der Waals surface area contributed by atoms with Gasteiger partial charge in [0.2, 0.25) is 11.9 Å². The number of fused-ring (bicyclic) bond motifs is 1. The number of anilines is 3. The Labute approximate surface area is 268 Å². The molecule has 0 spiro atoms. The lowest BCUT2D eigenvalue weighted by Crippen LogP contribution is -2.63. The fourth-order valence-corrected chi connectivity index (χ4v) is 6.54. The molecule has 4 aromatic heterocycles. The van der Waals surface area contributed by atoms with Crippen LogP contribution < -0.4 is 10.2 Å². The highest BCUT2D eigenvalue weighted by atomic mass is 16.2. The molecule has 2 saturated heterocycles. The maximum Gasteiger partial charge on any atom is 0.247 e. The lowest BCUT2D eigenvalue weighted by molar-refractivity contribution is -0.133. The van der Waals surface area contributed by atoms with Gasteiger partial charge in [0.05, 0.1) is 47.7 Å². The number of aryl methyl sites for hydroxylation is 1. The minimum Gasteiger partial charge on any atom is -0.363 e. The second-order valence-electron chi connectivity index (χ2n) is 13.2. The summed E-state index contributed by atoms with van der Waals surface area (Å²) in [6.07, 6.45) is 12.3. The summed E-state index contributed by atoms with van der Waals surface area (Å²) in [6, 6.07) is 9.04. The molecule has 0 saturated carbocycles. The molecule has 1 N–H and O–H groups in total. The van der Waals surface area contributed by atoms with Crippen molar-refractivity contribution in [3.63, 3.8) is 0 Å². The maximum absolute atomic E-state index is 13.1. The Kier molecular flexibility index (Phi) is 8.40. The number of piperidine rings is 1. The van der Waals surface area contributed by atoms with Gasteiger partial charge in [-0.1, -0.05) is 6.92 Å². The van der Waals surface area contributed by atoms with Crippen molar-refractivity contribution in [3.8, 4) is 12.1 Å². The topological polar surface area (TPSA) is 152 Å². The number of carbonyl (C=O) groups excluding carboxylic acids is 1. The van der Waals surface area contributed by atoms with Gasteiger partial charge in [0, 0.05) is 57.4 Å². The fraction of sp³-hybridized carbons (Fsp3) is 0.531. The van der Waals surface area contributed by atoms with E-state index in [1.807, 2.05) is 54.2 Å². The van der Waals surface area contributed by atoms with E-state index in [-0.39, 0.29) is 18.0 Å². The van der Waals surface area contributed by atoms with Crippen LogP contribution in [-0.4, -0.2) is 95.7 Å². The van der Waals surface area contributed by atoms with Crippen LogP contribution in [0.3, 0.4) is 0 Å². The zero-order chi connectivity index (χ0) is 32.5. The van der Waals surface area contributed by atoms with Crippen LogP contribution in [0.1, 0.15) is 45.6 Å². The van der Waals surface area contributed by atoms with Crippen LogP contribution >= 0.6 is 0 Å². The van der Waals surface area contributed by atoms with E-state index in [1.165, 1.54) is 0 Å². The van der Waals surface area contributed by atoms with Gasteiger partial charge in [0.1, 0.15) is 12.1 Å². The van der Waals surface area contributed by atoms with Crippen LogP contribution in [0.2, 0.25) is 0 Å². The molecule has 0 aliphatic carbocycles. The fourth-order valence-electron chi connectivity index (χ4n) is 6.54. The molecule has 14 heteroatoms. The molecule has 14 nitrogen and oxygen atoms in total. The van der Waals surface area contributed by atoms with E-state index in [0.717, 1.165) is 30.5 Å². The van der Waals surface area contributed by atoms with Crippen LogP contribution in [-0.2, 0) is 23.3 Å². The molecule has 0 atom stereocenters. The largest absolute Gasteiger partial charge is 0.363 e. The van der Waals surface area contributed by atoms with Gasteiger partial charge in [0.25, 0.3) is 0 Å². The average molecular weight is 624 g/mol. The molecule has 6 heterocycles. The quantitative estimate of drug-likeness (QED) is 0.264. The van der Waals surface area contributed by atoms with Crippen LogP contribution in [0.5, 0.6) is 0 Å². The van der Waals surface area contributed by atoms with Gasteiger partial charge >= 0.3 is 0 Å². The van der Waals surface area contributed by atoms with Crippen molar-refractivity contribution in [2.24, 2.45) is 5.41 Å². The molecule has 240 valence electrons. The number of nitriles is 2. The Bertz CT molecular complexity index is 1770. The highest BCUT2D eigenvalue weighted by Gasteiger charge is 2.46. The number of amides is 1. The standard InChI is InChI=1S/C32H41N13O/c1-5-24-15-36-45(17-24)32(10-11-33)22-42(23-32)27-7-6-12-44-29(27)38-30(39-44)37-25-16-35-43(18-25)19-28(46)41-13-8-26(9-14-41)40(4)21-31(2,3)20-34/h6-7,12,15-18,26H,5,8-10,13-14,19,21-23H2,1-4H3,(H,37,39). The van der Waals surface area contributed by atoms with Gasteiger partial charge in [-0.3, -0.25) is 14.2 Å². The average Bonchev–Trinajstić information content (AvgIpc) is 3.79. The lowest BCUT2D eigenvalue weighted by atomic mass is 9.86. The molecule has 6 rings (SSSR count). The number of carbonyl (C=O) groups is 1. The van der Waals surface area contributed by atoms with Crippen molar-refractivity contribution in [1.29, 1.82) is 10.5 Å². The Balaban J connectivity index is 1.06. The first-order valence-electron chi connectivity index (χ1n) is 15.8. The summed E-state index contributed by atoms with van der Waals surface area (Å²) in [5.74, 6) is 0.458. The molecular formula is C32H41N13O. The van der Waals surface area contributed by atoms with E-state index in [4.69, 9.17) is 4.98 Å². The molecule has 0 aromatic carbocycles. The number of pyridine rings is 1. The van der Waals surface area contributed by atoms with E-state index < -0.39 is 5.41 Å². The summed E-state index contributed by atoms with van der Waals surface area (Å²) in [5, 5.41) is 35.7. The third-order valence-corrected chi connectivity index (χ3v) is 9.17. The number of rotatable bonds is 11. The molecule has 2 fully saturated rings. The highest BCUT2D eigenvalue weighted by molar-refractivity contribution is 5.76. The van der Waals surface area contributed by atoms with Gasteiger partial charge in [-0.2, -0.15) is 25.7 Å². The van der Waals surface area contributed by atoms with Gasteiger partial charge in [-0.05, 0) is 57.9 Å². The number of nitrogens with one attached hydrogen (secondary N) is 1. The molecule has 46 heavy (non-hydrogen) atoms. The van der Waals surface area contributed by atoms with Crippen molar-refractivity contribution in [2.45, 2.75) is 64.6 Å². The summed E-state index contributed by atoms with van der Waals surface area (Å²) in [6.45, 7) is 9.55. The predicted octanol–water partition coefficient (Wildman–Crippen LogP) is 3.03. The minimum atomic E-state index is -0.394. The van der Waals surface area contributed by atoms with Crippen LogP contribution in [0, 0.1) is 28.1 Å². The molecular weight excluding hydrogens is 582 g/mol. The summed E-state index contributed by atoms with van der Waals surface area (Å²) < 4.78 is 5.32. The number of hydrogen-bond donors (Lipinski definition) is 1. The normalized spacial score (nSPS) is 16.8. The molecule has 0 bridgehead atoms. The second-order valence-corrected chi connectivity index (χ2v) is 13.2. The Hall–Kier alpha value is -4.95. The maximum atomic E-state index is 13.1. The van der Waals surface area contributed by atoms with Gasteiger partial charge in [-0.15, -0.1) is 5.10 Å². The minimum absolute atomic E-state index is 0.0339. The molecule has 4 aromatic rings. The van der Waals surface area contributed by atoms with Crippen molar-refractivity contribution < 1.29 is 4.79 Å². The Morgan fingerprint density at radius 1 is 1.17 bits per heavy atom. The first-order chi connectivity index (χ1) is 22.1. The van der Waals surface area contributed by atoms with Crippen molar-refractivity contribution in [3.05, 3.63) is 48.7 Å². The first kappa shape index (κ1) is 31.0.